The Morgan fingerprint density at radius 2 is 1.90 bits per heavy atom. The van der Waals surface area contributed by atoms with Crippen molar-refractivity contribution in [2.45, 2.75) is 39.3 Å². The van der Waals surface area contributed by atoms with Crippen molar-refractivity contribution >= 4 is 33.3 Å². The Balaban J connectivity index is 2.09. The van der Waals surface area contributed by atoms with Gasteiger partial charge in [-0.15, -0.1) is 11.3 Å². The number of amides is 1. The molecule has 0 aliphatic carbocycles. The van der Waals surface area contributed by atoms with Crippen molar-refractivity contribution in [3.63, 3.8) is 0 Å². The number of hydrogen-bond acceptors (Lipinski definition) is 4. The highest BCUT2D eigenvalue weighted by molar-refractivity contribution is 7.17. The Hall–Kier alpha value is -1.88. The maximum atomic E-state index is 12.3. The summed E-state index contributed by atoms with van der Waals surface area (Å²) in [5, 5.41) is 5.40. The molecule has 1 aromatic heterocycles. The summed E-state index contributed by atoms with van der Waals surface area (Å²) in [7, 11) is 0. The first-order valence-corrected chi connectivity index (χ1v) is 7.66. The Kier molecular flexibility index (Phi) is 4.32. The third-order valence-corrected chi connectivity index (χ3v) is 3.80. The molecule has 0 saturated carbocycles. The monoisotopic (exact) mass is 305 g/mol. The van der Waals surface area contributed by atoms with Crippen molar-refractivity contribution in [1.29, 1.82) is 0 Å². The second kappa shape index (κ2) is 5.85. The zero-order valence-electron chi connectivity index (χ0n) is 12.6. The first kappa shape index (κ1) is 15.5. The topological polar surface area (TPSA) is 55.4 Å². The van der Waals surface area contributed by atoms with Crippen molar-refractivity contribution in [3.8, 4) is 0 Å². The fourth-order valence-corrected chi connectivity index (χ4v) is 2.82. The largest absolute Gasteiger partial charge is 0.458 e. The smallest absolute Gasteiger partial charge is 0.328 e. The molecule has 2 aromatic rings. The Bertz CT molecular complexity index is 669. The van der Waals surface area contributed by atoms with Gasteiger partial charge in [0.1, 0.15) is 11.6 Å². The average Bonchev–Trinajstić information content (AvgIpc) is 2.80. The lowest BCUT2D eigenvalue weighted by Crippen LogP contribution is -2.42. The molecular formula is C16H19NO3S. The number of esters is 1. The lowest BCUT2D eigenvalue weighted by molar-refractivity contribution is -0.156. The Morgan fingerprint density at radius 1 is 1.24 bits per heavy atom. The van der Waals surface area contributed by atoms with Gasteiger partial charge in [-0.25, -0.2) is 4.79 Å². The van der Waals surface area contributed by atoms with E-state index in [0.717, 1.165) is 10.1 Å². The summed E-state index contributed by atoms with van der Waals surface area (Å²) in [6.07, 6.45) is 0. The second-order valence-corrected chi connectivity index (χ2v) is 6.79. The number of carbonyl (C=O) groups excluding carboxylic acids is 2. The molecule has 1 aromatic carbocycles. The van der Waals surface area contributed by atoms with E-state index in [1.165, 1.54) is 11.3 Å². The van der Waals surface area contributed by atoms with Gasteiger partial charge in [-0.3, -0.25) is 4.79 Å². The van der Waals surface area contributed by atoms with E-state index in [4.69, 9.17) is 4.74 Å². The van der Waals surface area contributed by atoms with Gasteiger partial charge in [0.25, 0.3) is 5.91 Å². The maximum Gasteiger partial charge on any atom is 0.328 e. The van der Waals surface area contributed by atoms with Gasteiger partial charge >= 0.3 is 5.97 Å². The van der Waals surface area contributed by atoms with Crippen LogP contribution in [0.4, 0.5) is 0 Å². The predicted molar refractivity (Wildman–Crippen MR) is 84.6 cm³/mol. The van der Waals surface area contributed by atoms with E-state index in [9.17, 15) is 9.59 Å². The number of nitrogens with one attached hydrogen (secondary N) is 1. The summed E-state index contributed by atoms with van der Waals surface area (Å²) in [5.41, 5.74) is 0.0246. The van der Waals surface area contributed by atoms with Crippen molar-refractivity contribution < 1.29 is 14.3 Å². The molecule has 0 fully saturated rings. The lowest BCUT2D eigenvalue weighted by atomic mass is 10.1. The molecule has 1 N–H and O–H groups in total. The van der Waals surface area contributed by atoms with Crippen LogP contribution in [-0.4, -0.2) is 23.5 Å². The van der Waals surface area contributed by atoms with Crippen molar-refractivity contribution in [3.05, 3.63) is 35.2 Å². The molecule has 0 unspecified atom stereocenters. The van der Waals surface area contributed by atoms with Crippen LogP contribution in [0.3, 0.4) is 0 Å². The molecule has 112 valence electrons. The highest BCUT2D eigenvalue weighted by Crippen LogP contribution is 2.25. The minimum absolute atomic E-state index is 0.259. The highest BCUT2D eigenvalue weighted by atomic mass is 32.1. The SMILES string of the molecule is C[C@@H](NC(=O)c1csc2ccccc12)C(=O)OC(C)(C)C. The summed E-state index contributed by atoms with van der Waals surface area (Å²) in [4.78, 5) is 24.2. The minimum Gasteiger partial charge on any atom is -0.458 e. The molecule has 4 nitrogen and oxygen atoms in total. The van der Waals surface area contributed by atoms with Crippen LogP contribution in [0.25, 0.3) is 10.1 Å². The van der Waals surface area contributed by atoms with E-state index in [2.05, 4.69) is 5.32 Å². The van der Waals surface area contributed by atoms with Crippen LogP contribution in [-0.2, 0) is 9.53 Å². The summed E-state index contributed by atoms with van der Waals surface area (Å²) < 4.78 is 6.30. The van der Waals surface area contributed by atoms with Gasteiger partial charge in [-0.1, -0.05) is 18.2 Å². The van der Waals surface area contributed by atoms with Crippen LogP contribution in [0.15, 0.2) is 29.6 Å². The Morgan fingerprint density at radius 3 is 2.57 bits per heavy atom. The summed E-state index contributed by atoms with van der Waals surface area (Å²) in [6, 6.07) is 7.01. The van der Waals surface area contributed by atoms with Gasteiger partial charge in [-0.2, -0.15) is 0 Å². The first-order chi connectivity index (χ1) is 9.78. The fraction of sp³-hybridized carbons (Fsp3) is 0.375. The molecule has 1 amide bonds. The number of benzene rings is 1. The third-order valence-electron chi connectivity index (χ3n) is 2.83. The zero-order valence-corrected chi connectivity index (χ0v) is 13.4. The summed E-state index contributed by atoms with van der Waals surface area (Å²) in [6.45, 7) is 7.02. The first-order valence-electron chi connectivity index (χ1n) is 6.78. The summed E-state index contributed by atoms with van der Waals surface area (Å²) in [5.74, 6) is -0.693. The van der Waals surface area contributed by atoms with Crippen LogP contribution < -0.4 is 5.32 Å². The van der Waals surface area contributed by atoms with E-state index in [-0.39, 0.29) is 5.91 Å². The molecule has 2 rings (SSSR count). The Labute approximate surface area is 128 Å². The van der Waals surface area contributed by atoms with Gasteiger partial charge < -0.3 is 10.1 Å². The van der Waals surface area contributed by atoms with Crippen LogP contribution in [0.2, 0.25) is 0 Å². The zero-order chi connectivity index (χ0) is 15.6. The summed E-state index contributed by atoms with van der Waals surface area (Å²) >= 11 is 1.51. The van der Waals surface area contributed by atoms with Crippen molar-refractivity contribution in [1.82, 2.24) is 5.32 Å². The van der Waals surface area contributed by atoms with Gasteiger partial charge in [-0.05, 0) is 33.8 Å². The van der Waals surface area contributed by atoms with Gasteiger partial charge in [0.05, 0.1) is 5.56 Å². The average molecular weight is 305 g/mol. The maximum absolute atomic E-state index is 12.3. The van der Waals surface area contributed by atoms with E-state index in [0.29, 0.717) is 5.56 Å². The normalized spacial score (nSPS) is 13.0. The minimum atomic E-state index is -0.685. The van der Waals surface area contributed by atoms with Crippen LogP contribution in [0.5, 0.6) is 0 Å². The molecule has 0 radical (unpaired) electrons. The number of fused-ring (bicyclic) bond motifs is 1. The molecule has 0 saturated heterocycles. The van der Waals surface area contributed by atoms with Gasteiger partial charge in [0.2, 0.25) is 0 Å². The predicted octanol–water partition coefficient (Wildman–Crippen LogP) is 3.36. The second-order valence-electron chi connectivity index (χ2n) is 5.87. The van der Waals surface area contributed by atoms with E-state index in [1.54, 1.807) is 27.7 Å². The molecule has 1 heterocycles. The molecule has 5 heteroatoms. The highest BCUT2D eigenvalue weighted by Gasteiger charge is 2.24. The molecule has 1 atom stereocenters. The number of thiophene rings is 1. The fourth-order valence-electron chi connectivity index (χ4n) is 1.88. The van der Waals surface area contributed by atoms with Crippen LogP contribution in [0, 0.1) is 0 Å². The van der Waals surface area contributed by atoms with E-state index < -0.39 is 17.6 Å². The third kappa shape index (κ3) is 3.82. The van der Waals surface area contributed by atoms with Crippen molar-refractivity contribution in [2.24, 2.45) is 0 Å². The number of carbonyl (C=O) groups is 2. The standard InChI is InChI=1S/C16H19NO3S/c1-10(15(19)20-16(2,3)4)17-14(18)12-9-21-13-8-6-5-7-11(12)13/h5-10H,1-4H3,(H,17,18)/t10-/m1/s1. The number of hydrogen-bond donors (Lipinski definition) is 1. The molecule has 0 aliphatic heterocycles. The lowest BCUT2D eigenvalue weighted by Gasteiger charge is -2.22. The van der Waals surface area contributed by atoms with Crippen LogP contribution >= 0.6 is 11.3 Å². The molecule has 0 bridgehead atoms. The van der Waals surface area contributed by atoms with Crippen LogP contribution in [0.1, 0.15) is 38.1 Å². The molecule has 0 aliphatic rings. The van der Waals surface area contributed by atoms with Gasteiger partial charge in [0, 0.05) is 15.5 Å². The molecule has 0 spiro atoms. The number of ether oxygens (including phenoxy) is 1. The quantitative estimate of drug-likeness (QED) is 0.885. The van der Waals surface area contributed by atoms with E-state index >= 15 is 0 Å². The van der Waals surface area contributed by atoms with E-state index in [1.807, 2.05) is 29.6 Å². The molecular weight excluding hydrogens is 286 g/mol. The molecule has 21 heavy (non-hydrogen) atoms. The number of rotatable bonds is 3. The van der Waals surface area contributed by atoms with Gasteiger partial charge in [0.15, 0.2) is 0 Å². The van der Waals surface area contributed by atoms with Crippen molar-refractivity contribution in [2.75, 3.05) is 0 Å².